The summed E-state index contributed by atoms with van der Waals surface area (Å²) in [5.74, 6) is 0.652. The maximum atomic E-state index is 10.1. The lowest BCUT2D eigenvalue weighted by Crippen LogP contribution is -2.41. The molecule has 0 aliphatic heterocycles. The zero-order valence-corrected chi connectivity index (χ0v) is 14.2. The first-order valence-corrected chi connectivity index (χ1v) is 8.99. The normalized spacial score (nSPS) is 32.0. The molecule has 2 aliphatic carbocycles. The van der Waals surface area contributed by atoms with Crippen LogP contribution in [0.15, 0.2) is 0 Å². The lowest BCUT2D eigenvalue weighted by molar-refractivity contribution is -0.0459. The van der Waals surface area contributed by atoms with Crippen molar-refractivity contribution < 1.29 is 9.84 Å². The predicted molar refractivity (Wildman–Crippen MR) is 87.4 cm³/mol. The van der Waals surface area contributed by atoms with Crippen LogP contribution in [0.1, 0.15) is 72.1 Å². The first-order chi connectivity index (χ1) is 9.96. The summed E-state index contributed by atoms with van der Waals surface area (Å²) in [5, 5.41) is 13.6. The fourth-order valence-electron chi connectivity index (χ4n) is 3.73. The molecule has 21 heavy (non-hydrogen) atoms. The molecule has 2 fully saturated rings. The Morgan fingerprint density at radius 1 is 1.14 bits per heavy atom. The molecule has 2 saturated carbocycles. The second kappa shape index (κ2) is 7.94. The van der Waals surface area contributed by atoms with E-state index in [9.17, 15) is 5.11 Å². The van der Waals surface area contributed by atoms with Crippen LogP contribution in [0.3, 0.4) is 0 Å². The minimum absolute atomic E-state index is 0.365. The van der Waals surface area contributed by atoms with E-state index in [2.05, 4.69) is 26.1 Å². The van der Waals surface area contributed by atoms with Crippen molar-refractivity contribution in [1.82, 2.24) is 5.32 Å². The summed E-state index contributed by atoms with van der Waals surface area (Å²) >= 11 is 0. The monoisotopic (exact) mass is 297 g/mol. The van der Waals surface area contributed by atoms with Crippen LogP contribution in [0.5, 0.6) is 0 Å². The summed E-state index contributed by atoms with van der Waals surface area (Å²) in [4.78, 5) is 0. The quantitative estimate of drug-likeness (QED) is 0.788. The van der Waals surface area contributed by atoms with Gasteiger partial charge in [-0.25, -0.2) is 0 Å². The first kappa shape index (κ1) is 17.2. The SMILES string of the molecule is CC1CCCCC1OCC(O)CNC1CCC(C)(C)CC1. The molecule has 0 aromatic heterocycles. The van der Waals surface area contributed by atoms with Gasteiger partial charge < -0.3 is 15.2 Å². The summed E-state index contributed by atoms with van der Waals surface area (Å²) in [6.45, 7) is 8.15. The number of hydrogen-bond acceptors (Lipinski definition) is 3. The van der Waals surface area contributed by atoms with Gasteiger partial charge >= 0.3 is 0 Å². The lowest BCUT2D eigenvalue weighted by Gasteiger charge is -2.35. The van der Waals surface area contributed by atoms with Crippen molar-refractivity contribution in [3.05, 3.63) is 0 Å². The molecular formula is C18H35NO2. The van der Waals surface area contributed by atoms with Crippen LogP contribution >= 0.6 is 0 Å². The minimum Gasteiger partial charge on any atom is -0.389 e. The van der Waals surface area contributed by atoms with Crippen molar-refractivity contribution in [2.45, 2.75) is 90.4 Å². The van der Waals surface area contributed by atoms with Crippen molar-refractivity contribution in [3.8, 4) is 0 Å². The topological polar surface area (TPSA) is 41.5 Å². The summed E-state index contributed by atoms with van der Waals surface area (Å²) < 4.78 is 5.94. The first-order valence-electron chi connectivity index (χ1n) is 8.99. The fourth-order valence-corrected chi connectivity index (χ4v) is 3.73. The lowest BCUT2D eigenvalue weighted by atomic mass is 9.75. The molecule has 3 heteroatoms. The molecule has 3 nitrogen and oxygen atoms in total. The van der Waals surface area contributed by atoms with Gasteiger partial charge in [-0.3, -0.25) is 0 Å². The van der Waals surface area contributed by atoms with Crippen LogP contribution < -0.4 is 5.32 Å². The van der Waals surface area contributed by atoms with Crippen molar-refractivity contribution in [1.29, 1.82) is 0 Å². The summed E-state index contributed by atoms with van der Waals surface area (Å²) in [6.07, 6.45) is 10.1. The van der Waals surface area contributed by atoms with Crippen LogP contribution in [0.4, 0.5) is 0 Å². The van der Waals surface area contributed by atoms with Gasteiger partial charge in [-0.05, 0) is 49.9 Å². The Bertz CT molecular complexity index is 296. The third-order valence-corrected chi connectivity index (χ3v) is 5.52. The van der Waals surface area contributed by atoms with Crippen molar-refractivity contribution in [2.24, 2.45) is 11.3 Å². The van der Waals surface area contributed by atoms with E-state index in [1.54, 1.807) is 0 Å². The molecule has 0 radical (unpaired) electrons. The minimum atomic E-state index is -0.367. The van der Waals surface area contributed by atoms with Crippen LogP contribution in [0.2, 0.25) is 0 Å². The van der Waals surface area contributed by atoms with Gasteiger partial charge in [0.15, 0.2) is 0 Å². The molecule has 0 spiro atoms. The van der Waals surface area contributed by atoms with Gasteiger partial charge in [0.05, 0.1) is 18.8 Å². The highest BCUT2D eigenvalue weighted by Gasteiger charge is 2.27. The molecule has 3 unspecified atom stereocenters. The fraction of sp³-hybridized carbons (Fsp3) is 1.00. The number of nitrogens with one attached hydrogen (secondary N) is 1. The van der Waals surface area contributed by atoms with Crippen LogP contribution in [-0.2, 0) is 4.74 Å². The summed E-state index contributed by atoms with van der Waals surface area (Å²) in [6, 6.07) is 0.585. The molecular weight excluding hydrogens is 262 g/mol. The van der Waals surface area contributed by atoms with Crippen LogP contribution in [-0.4, -0.2) is 36.5 Å². The van der Waals surface area contributed by atoms with E-state index < -0.39 is 0 Å². The molecule has 124 valence electrons. The average Bonchev–Trinajstić information content (AvgIpc) is 2.45. The molecule has 0 saturated heterocycles. The van der Waals surface area contributed by atoms with Crippen molar-refractivity contribution >= 4 is 0 Å². The maximum absolute atomic E-state index is 10.1. The molecule has 3 atom stereocenters. The second-order valence-electron chi connectivity index (χ2n) is 8.13. The van der Waals surface area contributed by atoms with Gasteiger partial charge in [0.25, 0.3) is 0 Å². The smallest absolute Gasteiger partial charge is 0.0897 e. The van der Waals surface area contributed by atoms with Gasteiger partial charge in [0.2, 0.25) is 0 Å². The highest BCUT2D eigenvalue weighted by molar-refractivity contribution is 4.82. The van der Waals surface area contributed by atoms with E-state index in [-0.39, 0.29) is 6.10 Å². The number of hydrogen-bond donors (Lipinski definition) is 2. The highest BCUT2D eigenvalue weighted by atomic mass is 16.5. The zero-order chi connectivity index (χ0) is 15.3. The standard InChI is InChI=1S/C18H35NO2/c1-14-6-4-5-7-17(14)21-13-16(20)12-19-15-8-10-18(2,3)11-9-15/h14-17,19-20H,4-13H2,1-3H3. The Morgan fingerprint density at radius 2 is 1.81 bits per heavy atom. The van der Waals surface area contributed by atoms with Gasteiger partial charge in [-0.1, -0.05) is 33.6 Å². The Morgan fingerprint density at radius 3 is 2.48 bits per heavy atom. The second-order valence-corrected chi connectivity index (χ2v) is 8.13. The van der Waals surface area contributed by atoms with Crippen molar-refractivity contribution in [2.75, 3.05) is 13.2 Å². The molecule has 2 N–H and O–H groups in total. The van der Waals surface area contributed by atoms with E-state index in [1.165, 1.54) is 51.4 Å². The van der Waals surface area contributed by atoms with Gasteiger partial charge in [0.1, 0.15) is 0 Å². The molecule has 2 rings (SSSR count). The van der Waals surface area contributed by atoms with Crippen LogP contribution in [0.25, 0.3) is 0 Å². The van der Waals surface area contributed by atoms with E-state index in [0.717, 1.165) is 0 Å². The highest BCUT2D eigenvalue weighted by Crippen LogP contribution is 2.34. The number of rotatable bonds is 6. The Kier molecular flexibility index (Phi) is 6.51. The van der Waals surface area contributed by atoms with E-state index in [1.807, 2.05) is 0 Å². The average molecular weight is 297 g/mol. The van der Waals surface area contributed by atoms with Gasteiger partial charge in [0, 0.05) is 12.6 Å². The predicted octanol–water partition coefficient (Wildman–Crippen LogP) is 3.50. The Balaban J connectivity index is 1.58. The number of aliphatic hydroxyl groups is 1. The molecule has 0 amide bonds. The third-order valence-electron chi connectivity index (χ3n) is 5.52. The molecule has 0 aromatic rings. The largest absolute Gasteiger partial charge is 0.389 e. The Labute approximate surface area is 130 Å². The maximum Gasteiger partial charge on any atom is 0.0897 e. The van der Waals surface area contributed by atoms with E-state index >= 15 is 0 Å². The Hall–Kier alpha value is -0.120. The number of ether oxygens (including phenoxy) is 1. The third kappa shape index (κ3) is 5.88. The zero-order valence-electron chi connectivity index (χ0n) is 14.2. The van der Waals surface area contributed by atoms with E-state index in [4.69, 9.17) is 4.74 Å². The molecule has 0 heterocycles. The van der Waals surface area contributed by atoms with Crippen LogP contribution in [0, 0.1) is 11.3 Å². The number of aliphatic hydroxyl groups excluding tert-OH is 1. The molecule has 0 bridgehead atoms. The molecule has 0 aromatic carbocycles. The van der Waals surface area contributed by atoms with Gasteiger partial charge in [-0.15, -0.1) is 0 Å². The van der Waals surface area contributed by atoms with E-state index in [0.29, 0.717) is 36.6 Å². The molecule has 2 aliphatic rings. The van der Waals surface area contributed by atoms with Gasteiger partial charge in [-0.2, -0.15) is 0 Å². The van der Waals surface area contributed by atoms with Crippen molar-refractivity contribution in [3.63, 3.8) is 0 Å². The summed E-state index contributed by atoms with van der Waals surface area (Å²) in [5.41, 5.74) is 0.511. The summed E-state index contributed by atoms with van der Waals surface area (Å²) in [7, 11) is 0.